The van der Waals surface area contributed by atoms with Crippen molar-refractivity contribution in [2.75, 3.05) is 26.4 Å². The molecule has 1 aliphatic rings. The zero-order valence-corrected chi connectivity index (χ0v) is 13.9. The lowest BCUT2D eigenvalue weighted by molar-refractivity contribution is 0.0917. The zero-order valence-electron chi connectivity index (χ0n) is 13.9. The van der Waals surface area contributed by atoms with Gasteiger partial charge in [0, 0.05) is 44.7 Å². The Labute approximate surface area is 142 Å². The van der Waals surface area contributed by atoms with Crippen LogP contribution in [-0.2, 0) is 4.74 Å². The number of rotatable bonds is 6. The number of aliphatic hydroxyl groups excluding tert-OH is 1. The summed E-state index contributed by atoms with van der Waals surface area (Å²) in [6.45, 7) is 3.91. The Morgan fingerprint density at radius 3 is 2.88 bits per heavy atom. The minimum atomic E-state index is -0.111. The first-order chi connectivity index (χ1) is 11.7. The zero-order chi connectivity index (χ0) is 16.9. The van der Waals surface area contributed by atoms with Crippen LogP contribution in [0.3, 0.4) is 0 Å². The van der Waals surface area contributed by atoms with E-state index in [1.807, 2.05) is 54.2 Å². The van der Waals surface area contributed by atoms with Gasteiger partial charge in [0.2, 0.25) is 0 Å². The average molecular weight is 328 g/mol. The van der Waals surface area contributed by atoms with Gasteiger partial charge in [-0.25, -0.2) is 0 Å². The van der Waals surface area contributed by atoms with E-state index in [9.17, 15) is 9.90 Å². The molecular formula is C19H24N2O3. The Hall–Kier alpha value is -2.11. The van der Waals surface area contributed by atoms with E-state index in [0.29, 0.717) is 24.6 Å². The van der Waals surface area contributed by atoms with Crippen LogP contribution in [0.2, 0.25) is 0 Å². The summed E-state index contributed by atoms with van der Waals surface area (Å²) in [6, 6.07) is 9.72. The van der Waals surface area contributed by atoms with Gasteiger partial charge >= 0.3 is 0 Å². The third-order valence-electron chi connectivity index (χ3n) is 4.67. The van der Waals surface area contributed by atoms with Crippen LogP contribution in [0.5, 0.6) is 0 Å². The summed E-state index contributed by atoms with van der Waals surface area (Å²) in [6.07, 6.45) is 4.79. The number of benzene rings is 1. The second kappa shape index (κ2) is 7.64. The first kappa shape index (κ1) is 16.7. The SMILES string of the molecule is Cc1ccc(-n2cccc2)c(C(=O)NC[C@H](CO)[C@H]2CCOC2)c1. The van der Waals surface area contributed by atoms with Gasteiger partial charge in [-0.3, -0.25) is 4.79 Å². The van der Waals surface area contributed by atoms with Crippen LogP contribution in [-0.4, -0.2) is 41.9 Å². The molecule has 1 aliphatic heterocycles. The lowest BCUT2D eigenvalue weighted by Gasteiger charge is -2.21. The standard InChI is InChI=1S/C19H24N2O3/c1-14-4-5-18(21-7-2-3-8-21)17(10-14)19(23)20-11-16(12-22)15-6-9-24-13-15/h2-5,7-8,10,15-16,22H,6,9,11-13H2,1H3,(H,20,23)/t15-,16+/m0/s1. The number of aromatic nitrogens is 1. The van der Waals surface area contributed by atoms with Crippen molar-refractivity contribution in [3.8, 4) is 5.69 Å². The van der Waals surface area contributed by atoms with Crippen molar-refractivity contribution in [1.82, 2.24) is 9.88 Å². The van der Waals surface area contributed by atoms with E-state index < -0.39 is 0 Å². The van der Waals surface area contributed by atoms with Crippen molar-refractivity contribution in [2.45, 2.75) is 13.3 Å². The molecule has 0 bridgehead atoms. The third kappa shape index (κ3) is 3.68. The molecule has 128 valence electrons. The van der Waals surface area contributed by atoms with E-state index in [0.717, 1.165) is 24.3 Å². The minimum Gasteiger partial charge on any atom is -0.396 e. The summed E-state index contributed by atoms with van der Waals surface area (Å²) >= 11 is 0. The largest absolute Gasteiger partial charge is 0.396 e. The van der Waals surface area contributed by atoms with E-state index >= 15 is 0 Å². The highest BCUT2D eigenvalue weighted by Crippen LogP contribution is 2.22. The van der Waals surface area contributed by atoms with Crippen molar-refractivity contribution >= 4 is 5.91 Å². The Morgan fingerprint density at radius 2 is 2.21 bits per heavy atom. The number of aryl methyl sites for hydroxylation is 1. The van der Waals surface area contributed by atoms with Gasteiger partial charge in [-0.1, -0.05) is 11.6 Å². The Kier molecular flexibility index (Phi) is 5.33. The molecule has 2 N–H and O–H groups in total. The minimum absolute atomic E-state index is 0.0382. The van der Waals surface area contributed by atoms with Crippen molar-refractivity contribution < 1.29 is 14.6 Å². The number of hydrogen-bond acceptors (Lipinski definition) is 3. The van der Waals surface area contributed by atoms with Gasteiger partial charge < -0.3 is 19.7 Å². The molecule has 0 spiro atoms. The lowest BCUT2D eigenvalue weighted by atomic mass is 9.92. The molecule has 1 aromatic heterocycles. The number of amides is 1. The predicted octanol–water partition coefficient (Wildman–Crippen LogP) is 2.16. The van der Waals surface area contributed by atoms with Crippen molar-refractivity contribution in [2.24, 2.45) is 11.8 Å². The van der Waals surface area contributed by atoms with Crippen molar-refractivity contribution in [3.63, 3.8) is 0 Å². The van der Waals surface area contributed by atoms with E-state index in [1.165, 1.54) is 0 Å². The van der Waals surface area contributed by atoms with Gasteiger partial charge in [0.1, 0.15) is 0 Å². The van der Waals surface area contributed by atoms with Crippen molar-refractivity contribution in [3.05, 3.63) is 53.9 Å². The van der Waals surface area contributed by atoms with Crippen molar-refractivity contribution in [1.29, 1.82) is 0 Å². The van der Waals surface area contributed by atoms with Crippen LogP contribution in [0.15, 0.2) is 42.7 Å². The molecule has 1 amide bonds. The molecule has 1 aromatic carbocycles. The van der Waals surface area contributed by atoms with Gasteiger partial charge in [0.05, 0.1) is 11.3 Å². The van der Waals surface area contributed by atoms with Crippen LogP contribution >= 0.6 is 0 Å². The molecule has 0 unspecified atom stereocenters. The van der Waals surface area contributed by atoms with Crippen LogP contribution in [0, 0.1) is 18.8 Å². The molecular weight excluding hydrogens is 304 g/mol. The number of nitrogens with one attached hydrogen (secondary N) is 1. The summed E-state index contributed by atoms with van der Waals surface area (Å²) in [7, 11) is 0. The molecule has 1 fully saturated rings. The number of hydrogen-bond donors (Lipinski definition) is 2. The Morgan fingerprint density at radius 1 is 1.42 bits per heavy atom. The average Bonchev–Trinajstić information content (AvgIpc) is 3.29. The first-order valence-electron chi connectivity index (χ1n) is 8.40. The second-order valence-electron chi connectivity index (χ2n) is 6.39. The smallest absolute Gasteiger partial charge is 0.253 e. The molecule has 5 heteroatoms. The maximum absolute atomic E-state index is 12.7. The fourth-order valence-corrected chi connectivity index (χ4v) is 3.18. The molecule has 2 heterocycles. The van der Waals surface area contributed by atoms with Crippen LogP contribution in [0.1, 0.15) is 22.3 Å². The molecule has 0 saturated carbocycles. The lowest BCUT2D eigenvalue weighted by Crippen LogP contribution is -2.35. The summed E-state index contributed by atoms with van der Waals surface area (Å²) < 4.78 is 7.32. The van der Waals surface area contributed by atoms with Crippen LogP contribution < -0.4 is 5.32 Å². The summed E-state index contributed by atoms with van der Waals surface area (Å²) in [4.78, 5) is 12.7. The van der Waals surface area contributed by atoms with E-state index in [-0.39, 0.29) is 18.4 Å². The Bertz CT molecular complexity index is 676. The topological polar surface area (TPSA) is 63.5 Å². The molecule has 24 heavy (non-hydrogen) atoms. The van der Waals surface area contributed by atoms with E-state index in [1.54, 1.807) is 0 Å². The monoisotopic (exact) mass is 328 g/mol. The highest BCUT2D eigenvalue weighted by Gasteiger charge is 2.26. The second-order valence-corrected chi connectivity index (χ2v) is 6.39. The summed E-state index contributed by atoms with van der Waals surface area (Å²) in [5.41, 5.74) is 2.54. The molecule has 3 rings (SSSR count). The molecule has 5 nitrogen and oxygen atoms in total. The number of ether oxygens (including phenoxy) is 1. The molecule has 0 radical (unpaired) electrons. The summed E-state index contributed by atoms with van der Waals surface area (Å²) in [5.74, 6) is 0.243. The molecule has 0 aliphatic carbocycles. The normalized spacial score (nSPS) is 18.5. The number of carbonyl (C=O) groups is 1. The fraction of sp³-hybridized carbons (Fsp3) is 0.421. The summed E-state index contributed by atoms with van der Waals surface area (Å²) in [5, 5.41) is 12.6. The number of aliphatic hydroxyl groups is 1. The van der Waals surface area contributed by atoms with E-state index in [4.69, 9.17) is 4.74 Å². The maximum atomic E-state index is 12.7. The van der Waals surface area contributed by atoms with Crippen LogP contribution in [0.25, 0.3) is 5.69 Å². The van der Waals surface area contributed by atoms with Gasteiger partial charge in [0.25, 0.3) is 5.91 Å². The van der Waals surface area contributed by atoms with Crippen LogP contribution in [0.4, 0.5) is 0 Å². The first-order valence-corrected chi connectivity index (χ1v) is 8.40. The fourth-order valence-electron chi connectivity index (χ4n) is 3.18. The quantitative estimate of drug-likeness (QED) is 0.854. The molecule has 2 atom stereocenters. The van der Waals surface area contributed by atoms with Gasteiger partial charge in [-0.05, 0) is 43.5 Å². The highest BCUT2D eigenvalue weighted by atomic mass is 16.5. The number of carbonyl (C=O) groups excluding carboxylic acids is 1. The van der Waals surface area contributed by atoms with Gasteiger partial charge in [-0.15, -0.1) is 0 Å². The number of nitrogens with zero attached hydrogens (tertiary/aromatic N) is 1. The molecule has 1 saturated heterocycles. The highest BCUT2D eigenvalue weighted by molar-refractivity contribution is 5.98. The third-order valence-corrected chi connectivity index (χ3v) is 4.67. The maximum Gasteiger partial charge on any atom is 0.253 e. The Balaban J connectivity index is 1.73. The van der Waals surface area contributed by atoms with Gasteiger partial charge in [-0.2, -0.15) is 0 Å². The van der Waals surface area contributed by atoms with Gasteiger partial charge in [0.15, 0.2) is 0 Å². The predicted molar refractivity (Wildman–Crippen MR) is 92.3 cm³/mol. The molecule has 2 aromatic rings. The van der Waals surface area contributed by atoms with E-state index in [2.05, 4.69) is 5.32 Å².